The van der Waals surface area contributed by atoms with Crippen LogP contribution >= 0.6 is 0 Å². The van der Waals surface area contributed by atoms with Crippen LogP contribution < -0.4 is 16.0 Å². The number of rotatable bonds is 3. The van der Waals surface area contributed by atoms with Gasteiger partial charge in [0.2, 0.25) is 11.8 Å². The Bertz CT molecular complexity index is 521. The summed E-state index contributed by atoms with van der Waals surface area (Å²) in [7, 11) is 0. The Kier molecular flexibility index (Phi) is 2.78. The van der Waals surface area contributed by atoms with Crippen LogP contribution in [0, 0.1) is 0 Å². The molecule has 1 aliphatic carbocycles. The number of piperazine rings is 1. The minimum absolute atomic E-state index is 0.0492. The molecule has 1 aromatic rings. The van der Waals surface area contributed by atoms with Crippen LogP contribution in [0.15, 0.2) is 24.3 Å². The fourth-order valence-electron chi connectivity index (χ4n) is 2.74. The van der Waals surface area contributed by atoms with E-state index >= 15 is 0 Å². The maximum atomic E-state index is 11.5. The molecule has 5 heteroatoms. The molecule has 2 amide bonds. The van der Waals surface area contributed by atoms with E-state index in [1.807, 2.05) is 23.1 Å². The summed E-state index contributed by atoms with van der Waals surface area (Å²) in [5.74, 6) is -0.493. The predicted molar refractivity (Wildman–Crippen MR) is 71.8 cm³/mol. The van der Waals surface area contributed by atoms with E-state index in [2.05, 4.69) is 11.4 Å². The molecule has 5 nitrogen and oxygen atoms in total. The Hall–Kier alpha value is -1.88. The number of anilines is 1. The van der Waals surface area contributed by atoms with Crippen molar-refractivity contribution in [3.63, 3.8) is 0 Å². The van der Waals surface area contributed by atoms with Gasteiger partial charge in [-0.15, -0.1) is 0 Å². The number of benzene rings is 1. The van der Waals surface area contributed by atoms with Crippen LogP contribution in [0.1, 0.15) is 18.4 Å². The van der Waals surface area contributed by atoms with Gasteiger partial charge < -0.3 is 10.6 Å². The van der Waals surface area contributed by atoms with E-state index < -0.39 is 0 Å². The largest absolute Gasteiger partial charge is 0.353 e. The van der Waals surface area contributed by atoms with E-state index in [9.17, 15) is 9.59 Å². The van der Waals surface area contributed by atoms with Crippen molar-refractivity contribution in [2.24, 2.45) is 5.73 Å². The minimum Gasteiger partial charge on any atom is -0.353 e. The van der Waals surface area contributed by atoms with Crippen LogP contribution in [0.2, 0.25) is 0 Å². The molecule has 19 heavy (non-hydrogen) atoms. The summed E-state index contributed by atoms with van der Waals surface area (Å²) < 4.78 is 0. The minimum atomic E-state index is -0.247. The number of hydrogen-bond donors (Lipinski definition) is 2. The van der Waals surface area contributed by atoms with Crippen LogP contribution in [0.5, 0.6) is 0 Å². The lowest BCUT2D eigenvalue weighted by molar-refractivity contribution is -0.130. The highest BCUT2D eigenvalue weighted by atomic mass is 16.2. The summed E-state index contributed by atoms with van der Waals surface area (Å²) in [4.78, 5) is 24.8. The third kappa shape index (κ3) is 2.10. The molecule has 2 aliphatic rings. The number of imide groups is 1. The number of hydrogen-bond acceptors (Lipinski definition) is 4. The Morgan fingerprint density at radius 3 is 2.37 bits per heavy atom. The van der Waals surface area contributed by atoms with E-state index in [0.29, 0.717) is 6.54 Å². The van der Waals surface area contributed by atoms with Gasteiger partial charge in [-0.2, -0.15) is 0 Å². The fourth-order valence-corrected chi connectivity index (χ4v) is 2.74. The quantitative estimate of drug-likeness (QED) is 0.757. The number of nitrogens with two attached hydrogens (primary N) is 1. The predicted octanol–water partition coefficient (Wildman–Crippen LogP) is 0.140. The second-order valence-corrected chi connectivity index (χ2v) is 5.33. The second kappa shape index (κ2) is 4.35. The lowest BCUT2D eigenvalue weighted by Gasteiger charge is -2.31. The fraction of sp³-hybridized carbons (Fsp3) is 0.429. The molecule has 0 bridgehead atoms. The number of nitrogens with one attached hydrogen (secondary N) is 1. The number of carbonyl (C=O) groups is 2. The van der Waals surface area contributed by atoms with Crippen LogP contribution in [0.25, 0.3) is 0 Å². The molecule has 3 N–H and O–H groups in total. The number of amides is 2. The van der Waals surface area contributed by atoms with Gasteiger partial charge in [0, 0.05) is 17.6 Å². The zero-order valence-corrected chi connectivity index (χ0v) is 10.7. The second-order valence-electron chi connectivity index (χ2n) is 5.33. The van der Waals surface area contributed by atoms with Gasteiger partial charge in [0.25, 0.3) is 0 Å². The molecule has 0 aromatic heterocycles. The summed E-state index contributed by atoms with van der Waals surface area (Å²) in [6, 6.07) is 7.95. The molecule has 1 heterocycles. The van der Waals surface area contributed by atoms with E-state index in [0.717, 1.165) is 18.5 Å². The van der Waals surface area contributed by atoms with Crippen molar-refractivity contribution in [1.29, 1.82) is 0 Å². The van der Waals surface area contributed by atoms with Crippen molar-refractivity contribution in [2.75, 3.05) is 24.5 Å². The van der Waals surface area contributed by atoms with Gasteiger partial charge in [0.05, 0.1) is 13.1 Å². The van der Waals surface area contributed by atoms with Gasteiger partial charge in [0.1, 0.15) is 0 Å². The van der Waals surface area contributed by atoms with E-state index in [4.69, 9.17) is 5.73 Å². The molecule has 0 radical (unpaired) electrons. The average molecular weight is 259 g/mol. The molecule has 1 saturated heterocycles. The molecule has 3 rings (SSSR count). The first kappa shape index (κ1) is 12.2. The molecule has 0 unspecified atom stereocenters. The van der Waals surface area contributed by atoms with Gasteiger partial charge in [-0.1, -0.05) is 18.2 Å². The Labute approximate surface area is 111 Å². The highest BCUT2D eigenvalue weighted by molar-refractivity contribution is 6.02. The van der Waals surface area contributed by atoms with Crippen molar-refractivity contribution < 1.29 is 9.59 Å². The normalized spacial score (nSPS) is 21.2. The molecule has 1 aromatic carbocycles. The van der Waals surface area contributed by atoms with Gasteiger partial charge >= 0.3 is 0 Å². The van der Waals surface area contributed by atoms with Crippen LogP contribution in [0.4, 0.5) is 5.69 Å². The van der Waals surface area contributed by atoms with E-state index in [1.165, 1.54) is 5.56 Å². The molecule has 2 fully saturated rings. The van der Waals surface area contributed by atoms with E-state index in [1.54, 1.807) is 0 Å². The first-order chi connectivity index (χ1) is 9.14. The Balaban J connectivity index is 1.96. The summed E-state index contributed by atoms with van der Waals surface area (Å²) in [6.07, 6.45) is 2.16. The molecular formula is C14H17N3O2. The number of para-hydroxylation sites is 1. The first-order valence-electron chi connectivity index (χ1n) is 6.52. The lowest BCUT2D eigenvalue weighted by Crippen LogP contribution is -2.52. The number of nitrogens with zero attached hydrogens (tertiary/aromatic N) is 1. The summed E-state index contributed by atoms with van der Waals surface area (Å²) in [6.45, 7) is 1.06. The van der Waals surface area contributed by atoms with Gasteiger partial charge in [0.15, 0.2) is 0 Å². The highest BCUT2D eigenvalue weighted by Gasteiger charge is 2.45. The third-order valence-corrected chi connectivity index (χ3v) is 4.01. The van der Waals surface area contributed by atoms with Crippen molar-refractivity contribution in [2.45, 2.75) is 18.3 Å². The lowest BCUT2D eigenvalue weighted by atomic mass is 9.93. The van der Waals surface area contributed by atoms with Crippen LogP contribution in [0.3, 0.4) is 0 Å². The van der Waals surface area contributed by atoms with Crippen LogP contribution in [-0.4, -0.2) is 31.4 Å². The topological polar surface area (TPSA) is 75.4 Å². The molecular weight excluding hydrogens is 242 g/mol. The summed E-state index contributed by atoms with van der Waals surface area (Å²) in [5.41, 5.74) is 8.07. The molecule has 0 spiro atoms. The zero-order valence-electron chi connectivity index (χ0n) is 10.7. The third-order valence-electron chi connectivity index (χ3n) is 4.01. The summed E-state index contributed by atoms with van der Waals surface area (Å²) in [5, 5.41) is 2.32. The van der Waals surface area contributed by atoms with Crippen molar-refractivity contribution in [1.82, 2.24) is 5.32 Å². The van der Waals surface area contributed by atoms with Crippen molar-refractivity contribution >= 4 is 17.5 Å². The first-order valence-corrected chi connectivity index (χ1v) is 6.52. The smallest absolute Gasteiger partial charge is 0.246 e. The standard InChI is InChI=1S/C14H17N3O2/c15-9-14(5-6-14)10-3-1-2-4-11(10)17-7-12(18)16-13(19)8-17/h1-4H,5-9,15H2,(H,16,18,19). The average Bonchev–Trinajstić information content (AvgIpc) is 3.18. The Morgan fingerprint density at radius 2 is 1.79 bits per heavy atom. The van der Waals surface area contributed by atoms with Gasteiger partial charge in [-0.3, -0.25) is 14.9 Å². The maximum absolute atomic E-state index is 11.5. The monoisotopic (exact) mass is 259 g/mol. The SMILES string of the molecule is NCC1(c2ccccc2N2CC(=O)NC(=O)C2)CC1. The molecule has 1 saturated carbocycles. The maximum Gasteiger partial charge on any atom is 0.246 e. The van der Waals surface area contributed by atoms with Crippen molar-refractivity contribution in [3.8, 4) is 0 Å². The van der Waals surface area contributed by atoms with Crippen molar-refractivity contribution in [3.05, 3.63) is 29.8 Å². The van der Waals surface area contributed by atoms with E-state index in [-0.39, 0.29) is 30.3 Å². The molecule has 1 aliphatic heterocycles. The van der Waals surface area contributed by atoms with Gasteiger partial charge in [-0.25, -0.2) is 0 Å². The van der Waals surface area contributed by atoms with Gasteiger partial charge in [-0.05, 0) is 24.5 Å². The number of carbonyl (C=O) groups excluding carboxylic acids is 2. The molecule has 0 atom stereocenters. The summed E-state index contributed by atoms with van der Waals surface area (Å²) >= 11 is 0. The Morgan fingerprint density at radius 1 is 1.16 bits per heavy atom. The van der Waals surface area contributed by atoms with Crippen LogP contribution in [-0.2, 0) is 15.0 Å². The zero-order chi connectivity index (χ0) is 13.5. The highest BCUT2D eigenvalue weighted by Crippen LogP contribution is 2.50. The molecule has 100 valence electrons.